The third-order valence-electron chi connectivity index (χ3n) is 3.26. The quantitative estimate of drug-likeness (QED) is 0.856. The van der Waals surface area contributed by atoms with Crippen LogP contribution in [0.3, 0.4) is 0 Å². The first-order chi connectivity index (χ1) is 7.98. The summed E-state index contributed by atoms with van der Waals surface area (Å²) < 4.78 is 1.73. The van der Waals surface area contributed by atoms with Crippen molar-refractivity contribution in [3.8, 4) is 0 Å². The van der Waals surface area contributed by atoms with E-state index in [2.05, 4.69) is 10.3 Å². The average Bonchev–Trinajstić information content (AvgIpc) is 2.72. The Morgan fingerprint density at radius 3 is 2.59 bits per heavy atom. The molecule has 1 aromatic heterocycles. The highest BCUT2D eigenvalue weighted by atomic mass is 16.1. The number of nitrogens with zero attached hydrogens (tertiary/aromatic N) is 2. The maximum absolute atomic E-state index is 12.2. The lowest BCUT2D eigenvalue weighted by molar-refractivity contribution is 0.383. The van der Waals surface area contributed by atoms with Crippen LogP contribution in [0.25, 0.3) is 0 Å². The van der Waals surface area contributed by atoms with Gasteiger partial charge in [0.05, 0.1) is 0 Å². The van der Waals surface area contributed by atoms with E-state index < -0.39 is 0 Å². The van der Waals surface area contributed by atoms with Crippen LogP contribution < -0.4 is 10.9 Å². The monoisotopic (exact) mass is 235 g/mol. The Hall–Kier alpha value is -1.32. The maximum atomic E-state index is 12.2. The molecule has 4 nitrogen and oxygen atoms in total. The molecule has 2 rings (SSSR count). The van der Waals surface area contributed by atoms with Gasteiger partial charge in [0.1, 0.15) is 0 Å². The molecule has 0 aromatic carbocycles. The van der Waals surface area contributed by atoms with E-state index in [-0.39, 0.29) is 11.1 Å². The zero-order valence-corrected chi connectivity index (χ0v) is 10.9. The standard InChI is InChI=1S/C13H21N3O/c1-13(2,3)16-9-8-14-11(12(16)17)15-10-6-4-5-7-10/h8-10H,4-7H2,1-3H3,(H,14,15). The van der Waals surface area contributed by atoms with Gasteiger partial charge in [0.15, 0.2) is 5.82 Å². The minimum absolute atomic E-state index is 0.0214. The number of hydrogen-bond donors (Lipinski definition) is 1. The molecule has 1 saturated carbocycles. The van der Waals surface area contributed by atoms with Crippen LogP contribution in [0.2, 0.25) is 0 Å². The molecule has 1 aromatic rings. The fraction of sp³-hybridized carbons (Fsp3) is 0.692. The molecule has 0 unspecified atom stereocenters. The lowest BCUT2D eigenvalue weighted by atomic mass is 10.1. The third kappa shape index (κ3) is 2.68. The van der Waals surface area contributed by atoms with E-state index in [4.69, 9.17) is 0 Å². The zero-order chi connectivity index (χ0) is 12.5. The van der Waals surface area contributed by atoms with Crippen LogP contribution in [-0.2, 0) is 5.54 Å². The molecule has 0 amide bonds. The van der Waals surface area contributed by atoms with Crippen LogP contribution in [0.5, 0.6) is 0 Å². The summed E-state index contributed by atoms with van der Waals surface area (Å²) in [6.45, 7) is 6.06. The molecule has 1 aliphatic rings. The second kappa shape index (κ2) is 4.51. The molecule has 0 radical (unpaired) electrons. The van der Waals surface area contributed by atoms with Crippen molar-refractivity contribution in [1.82, 2.24) is 9.55 Å². The van der Waals surface area contributed by atoms with Gasteiger partial charge < -0.3 is 9.88 Å². The van der Waals surface area contributed by atoms with E-state index >= 15 is 0 Å². The summed E-state index contributed by atoms with van der Waals surface area (Å²) in [6, 6.07) is 0.422. The minimum Gasteiger partial charge on any atom is -0.363 e. The topological polar surface area (TPSA) is 46.9 Å². The van der Waals surface area contributed by atoms with Gasteiger partial charge in [-0.2, -0.15) is 0 Å². The second-order valence-corrected chi connectivity index (χ2v) is 5.75. The number of nitrogens with one attached hydrogen (secondary N) is 1. The molecule has 17 heavy (non-hydrogen) atoms. The van der Waals surface area contributed by atoms with Gasteiger partial charge in [0, 0.05) is 24.0 Å². The van der Waals surface area contributed by atoms with Crippen molar-refractivity contribution < 1.29 is 0 Å². The van der Waals surface area contributed by atoms with E-state index in [0.717, 1.165) is 12.8 Å². The molecule has 0 saturated heterocycles. The predicted molar refractivity (Wildman–Crippen MR) is 69.4 cm³/mol. The first-order valence-corrected chi connectivity index (χ1v) is 6.33. The van der Waals surface area contributed by atoms with Crippen molar-refractivity contribution in [1.29, 1.82) is 0 Å². The number of aromatic nitrogens is 2. The first kappa shape index (κ1) is 12.1. The molecule has 0 bridgehead atoms. The smallest absolute Gasteiger partial charge is 0.293 e. The van der Waals surface area contributed by atoms with Crippen LogP contribution in [0.15, 0.2) is 17.2 Å². The Kier molecular flexibility index (Phi) is 3.22. The van der Waals surface area contributed by atoms with Gasteiger partial charge >= 0.3 is 0 Å². The van der Waals surface area contributed by atoms with Gasteiger partial charge in [-0.15, -0.1) is 0 Å². The Labute approximate surface area is 102 Å². The van der Waals surface area contributed by atoms with Crippen molar-refractivity contribution in [2.24, 2.45) is 0 Å². The Balaban J connectivity index is 2.26. The van der Waals surface area contributed by atoms with Crippen molar-refractivity contribution in [2.45, 2.75) is 58.0 Å². The summed E-state index contributed by atoms with van der Waals surface area (Å²) in [6.07, 6.45) is 8.24. The van der Waals surface area contributed by atoms with Crippen molar-refractivity contribution in [2.75, 3.05) is 5.32 Å². The zero-order valence-electron chi connectivity index (χ0n) is 10.9. The Bertz CT molecular complexity index is 439. The van der Waals surface area contributed by atoms with E-state index in [1.807, 2.05) is 20.8 Å². The lowest BCUT2D eigenvalue weighted by Crippen LogP contribution is -2.36. The van der Waals surface area contributed by atoms with Gasteiger partial charge in [0.2, 0.25) is 0 Å². The normalized spacial score (nSPS) is 17.4. The molecule has 1 heterocycles. The van der Waals surface area contributed by atoms with Crippen molar-refractivity contribution in [3.05, 3.63) is 22.7 Å². The molecule has 0 spiro atoms. The summed E-state index contributed by atoms with van der Waals surface area (Å²) in [5, 5.41) is 3.28. The molecule has 0 atom stereocenters. The molecular formula is C13H21N3O. The predicted octanol–water partition coefficient (Wildman–Crippen LogP) is 2.35. The van der Waals surface area contributed by atoms with Crippen LogP contribution in [0.1, 0.15) is 46.5 Å². The minimum atomic E-state index is -0.202. The van der Waals surface area contributed by atoms with Gasteiger partial charge in [-0.3, -0.25) is 4.79 Å². The lowest BCUT2D eigenvalue weighted by Gasteiger charge is -2.23. The second-order valence-electron chi connectivity index (χ2n) is 5.75. The summed E-state index contributed by atoms with van der Waals surface area (Å²) >= 11 is 0. The van der Waals surface area contributed by atoms with E-state index in [0.29, 0.717) is 11.9 Å². The SMILES string of the molecule is CC(C)(C)n1ccnc(NC2CCCC2)c1=O. The molecule has 0 aliphatic heterocycles. The fourth-order valence-electron chi connectivity index (χ4n) is 2.30. The summed E-state index contributed by atoms with van der Waals surface area (Å²) in [4.78, 5) is 16.4. The van der Waals surface area contributed by atoms with Crippen LogP contribution in [0.4, 0.5) is 5.82 Å². The highest BCUT2D eigenvalue weighted by Gasteiger charge is 2.20. The van der Waals surface area contributed by atoms with Crippen molar-refractivity contribution in [3.63, 3.8) is 0 Å². The molecule has 4 heteroatoms. The Morgan fingerprint density at radius 2 is 2.00 bits per heavy atom. The van der Waals surface area contributed by atoms with Gasteiger partial charge in [-0.05, 0) is 33.6 Å². The number of rotatable bonds is 2. The van der Waals surface area contributed by atoms with Gasteiger partial charge in [-0.1, -0.05) is 12.8 Å². The molecule has 1 fully saturated rings. The Morgan fingerprint density at radius 1 is 1.35 bits per heavy atom. The summed E-state index contributed by atoms with van der Waals surface area (Å²) in [5.74, 6) is 0.495. The van der Waals surface area contributed by atoms with Crippen LogP contribution in [-0.4, -0.2) is 15.6 Å². The largest absolute Gasteiger partial charge is 0.363 e. The number of anilines is 1. The number of hydrogen-bond acceptors (Lipinski definition) is 3. The first-order valence-electron chi connectivity index (χ1n) is 6.33. The summed E-state index contributed by atoms with van der Waals surface area (Å²) in [7, 11) is 0. The average molecular weight is 235 g/mol. The van der Waals surface area contributed by atoms with E-state index in [1.54, 1.807) is 17.0 Å². The molecule has 1 N–H and O–H groups in total. The summed E-state index contributed by atoms with van der Waals surface area (Å²) in [5.41, 5.74) is -0.224. The fourth-order valence-corrected chi connectivity index (χ4v) is 2.30. The molecule has 1 aliphatic carbocycles. The molecular weight excluding hydrogens is 214 g/mol. The van der Waals surface area contributed by atoms with Gasteiger partial charge in [0.25, 0.3) is 5.56 Å². The highest BCUT2D eigenvalue weighted by Crippen LogP contribution is 2.20. The third-order valence-corrected chi connectivity index (χ3v) is 3.26. The maximum Gasteiger partial charge on any atom is 0.293 e. The highest BCUT2D eigenvalue weighted by molar-refractivity contribution is 5.32. The van der Waals surface area contributed by atoms with Crippen LogP contribution >= 0.6 is 0 Å². The van der Waals surface area contributed by atoms with E-state index in [1.165, 1.54) is 12.8 Å². The molecule has 94 valence electrons. The van der Waals surface area contributed by atoms with E-state index in [9.17, 15) is 4.79 Å². The van der Waals surface area contributed by atoms with Gasteiger partial charge in [-0.25, -0.2) is 4.98 Å². The van der Waals surface area contributed by atoms with Crippen molar-refractivity contribution >= 4 is 5.82 Å². The van der Waals surface area contributed by atoms with Crippen LogP contribution in [0, 0.1) is 0 Å².